The Hall–Kier alpha value is -5.14. The van der Waals surface area contributed by atoms with Crippen LogP contribution in [0.3, 0.4) is 0 Å². The van der Waals surface area contributed by atoms with Crippen molar-refractivity contribution in [2.24, 2.45) is 17.2 Å². The summed E-state index contributed by atoms with van der Waals surface area (Å²) in [6.07, 6.45) is -13.6. The summed E-state index contributed by atoms with van der Waals surface area (Å²) in [5, 5.41) is 95.4. The zero-order valence-electron chi connectivity index (χ0n) is 40.3. The van der Waals surface area contributed by atoms with Crippen LogP contribution in [0.15, 0.2) is 53.6 Å². The predicted octanol–water partition coefficient (Wildman–Crippen LogP) is -4.05. The molecule has 1 amide bonds. The molecular weight excluding hydrogens is 976 g/mol. The second-order valence-corrected chi connectivity index (χ2v) is 19.9. The van der Waals surface area contributed by atoms with Crippen LogP contribution in [0.2, 0.25) is 0 Å². The van der Waals surface area contributed by atoms with E-state index in [9.17, 15) is 55.2 Å². The van der Waals surface area contributed by atoms with E-state index in [1.165, 1.54) is 6.20 Å². The van der Waals surface area contributed by atoms with Crippen molar-refractivity contribution >= 4 is 28.5 Å². The minimum Gasteiger partial charge on any atom is -0.477 e. The highest BCUT2D eigenvalue weighted by Gasteiger charge is 2.52. The third-order valence-electron chi connectivity index (χ3n) is 14.7. The molecule has 5 aliphatic rings. The molecule has 3 saturated heterocycles. The number of carbonyl (C=O) groups is 2. The number of hydrogen-bond donors (Lipinski definition) is 12. The first-order valence-corrected chi connectivity index (χ1v) is 24.8. The summed E-state index contributed by atoms with van der Waals surface area (Å²) in [5.74, 6) is -2.41. The van der Waals surface area contributed by atoms with Gasteiger partial charge in [-0.15, -0.1) is 5.10 Å². The molecule has 74 heavy (non-hydrogen) atoms. The zero-order valence-corrected chi connectivity index (χ0v) is 40.3. The summed E-state index contributed by atoms with van der Waals surface area (Å²) in [5.41, 5.74) is 20.5. The number of benzene rings is 2. The number of carbonyl (C=O) groups excluding carboxylic acids is 1. The van der Waals surface area contributed by atoms with Gasteiger partial charge in [-0.05, 0) is 42.5 Å². The van der Waals surface area contributed by atoms with Crippen LogP contribution in [0, 0.1) is 5.82 Å². The number of aromatic nitrogens is 4. The van der Waals surface area contributed by atoms with Crippen molar-refractivity contribution in [1.82, 2.24) is 29.8 Å². The van der Waals surface area contributed by atoms with Crippen LogP contribution in [0.4, 0.5) is 10.1 Å². The van der Waals surface area contributed by atoms with Gasteiger partial charge in [0.15, 0.2) is 12.6 Å². The standard InChI is InChI=1S/C48H65FN10O15/c49-28-13-26-31(59(25-5-6-25)20-27(37(26)62)46(69)70)15-32(28)57-10-8-56(9-11-57)17-22-2-1-3-23(12-22)18-58-19-24(54-55-58)4-7-35(61)53-30-14-29(51)44(73-48-42(67)41(66)39(64)33(16-50)71-48)43(68)45(30)74-47-40(65)36(52)38(63)34(21-60)72-47/h1-3,12-13,15,19-20,25,29-30,33-34,36,38-45,47-48,60,63-68H,4-11,14,16-18,21,50-52H2,(H,53,61)(H,69,70)/t29-,30+,33+,34+,36-,38+,39+,40+,41-,42+,43-,44+,45-,47+,48+/m0/s1. The van der Waals surface area contributed by atoms with Gasteiger partial charge < -0.3 is 91.8 Å². The molecule has 15 atom stereocenters. The number of nitrogens with one attached hydrogen (secondary N) is 1. The summed E-state index contributed by atoms with van der Waals surface area (Å²) >= 11 is 0. The van der Waals surface area contributed by atoms with E-state index >= 15 is 4.39 Å². The molecule has 2 aromatic heterocycles. The number of aromatic carboxylic acids is 1. The number of ether oxygens (including phenoxy) is 4. The number of aliphatic hydroxyl groups excluding tert-OH is 7. The van der Waals surface area contributed by atoms with Gasteiger partial charge in [0.1, 0.15) is 72.4 Å². The lowest BCUT2D eigenvalue weighted by molar-refractivity contribution is -0.332. The maximum atomic E-state index is 15.6. The number of halogens is 1. The third kappa shape index (κ3) is 11.3. The Bertz CT molecular complexity index is 2690. The van der Waals surface area contributed by atoms with Crippen LogP contribution in [0.25, 0.3) is 10.9 Å². The Morgan fingerprint density at radius 1 is 0.838 bits per heavy atom. The smallest absolute Gasteiger partial charge is 0.341 e. The van der Waals surface area contributed by atoms with Gasteiger partial charge in [-0.3, -0.25) is 14.5 Å². The van der Waals surface area contributed by atoms with Crippen molar-refractivity contribution < 1.29 is 73.8 Å². The Labute approximate surface area is 422 Å². The first-order chi connectivity index (χ1) is 35.4. The van der Waals surface area contributed by atoms with E-state index in [1.807, 2.05) is 23.1 Å². The van der Waals surface area contributed by atoms with Crippen molar-refractivity contribution in [2.75, 3.05) is 44.2 Å². The number of carboxylic acid groups (broad SMARTS) is 1. The fourth-order valence-electron chi connectivity index (χ4n) is 10.4. The molecule has 26 heteroatoms. The van der Waals surface area contributed by atoms with Gasteiger partial charge in [0.25, 0.3) is 0 Å². The van der Waals surface area contributed by atoms with Crippen molar-refractivity contribution in [1.29, 1.82) is 0 Å². The number of rotatable bonds is 17. The minimum atomic E-state index is -1.78. The maximum Gasteiger partial charge on any atom is 0.341 e. The summed E-state index contributed by atoms with van der Waals surface area (Å²) < 4.78 is 42.3. The van der Waals surface area contributed by atoms with Crippen LogP contribution in [0.5, 0.6) is 0 Å². The van der Waals surface area contributed by atoms with Crippen LogP contribution < -0.4 is 32.8 Å². The average Bonchev–Trinajstić information content (AvgIpc) is 4.13. The molecule has 404 valence electrons. The summed E-state index contributed by atoms with van der Waals surface area (Å²) in [6, 6.07) is 7.47. The van der Waals surface area contributed by atoms with Crippen molar-refractivity contribution in [2.45, 2.75) is 143 Å². The molecule has 2 aromatic carbocycles. The summed E-state index contributed by atoms with van der Waals surface area (Å²) in [6.45, 7) is 2.43. The molecule has 2 aliphatic carbocycles. The number of nitrogens with zero attached hydrogens (tertiary/aromatic N) is 6. The first-order valence-electron chi connectivity index (χ1n) is 24.8. The van der Waals surface area contributed by atoms with Crippen molar-refractivity contribution in [3.63, 3.8) is 0 Å². The number of aryl methyl sites for hydroxylation is 1. The highest BCUT2D eigenvalue weighted by Crippen LogP contribution is 2.39. The third-order valence-corrected chi connectivity index (χ3v) is 14.7. The predicted molar refractivity (Wildman–Crippen MR) is 257 cm³/mol. The summed E-state index contributed by atoms with van der Waals surface area (Å²) in [4.78, 5) is 42.6. The van der Waals surface area contributed by atoms with E-state index in [0.717, 1.165) is 30.0 Å². The second-order valence-electron chi connectivity index (χ2n) is 19.9. The highest BCUT2D eigenvalue weighted by molar-refractivity contribution is 5.93. The van der Waals surface area contributed by atoms with Crippen molar-refractivity contribution in [3.05, 3.63) is 87.2 Å². The van der Waals surface area contributed by atoms with E-state index in [4.69, 9.17) is 36.1 Å². The topological polar surface area (TPSA) is 382 Å². The lowest BCUT2D eigenvalue weighted by Crippen LogP contribution is -2.69. The van der Waals surface area contributed by atoms with E-state index in [1.54, 1.807) is 21.5 Å². The molecule has 15 N–H and O–H groups in total. The van der Waals surface area contributed by atoms with E-state index < -0.39 is 121 Å². The van der Waals surface area contributed by atoms with Gasteiger partial charge >= 0.3 is 5.97 Å². The second kappa shape index (κ2) is 22.6. The van der Waals surface area contributed by atoms with Gasteiger partial charge in [0, 0.05) is 82.0 Å². The molecule has 5 fully saturated rings. The summed E-state index contributed by atoms with van der Waals surface area (Å²) in [7, 11) is 0. The lowest BCUT2D eigenvalue weighted by Gasteiger charge is -2.48. The molecule has 9 rings (SSSR count). The van der Waals surface area contributed by atoms with Crippen LogP contribution >= 0.6 is 0 Å². The number of anilines is 1. The largest absolute Gasteiger partial charge is 0.477 e. The number of carboxylic acids is 1. The zero-order chi connectivity index (χ0) is 52.7. The Morgan fingerprint density at radius 3 is 2.22 bits per heavy atom. The Morgan fingerprint density at radius 2 is 1.53 bits per heavy atom. The fraction of sp³-hybridized carbons (Fsp3) is 0.604. The molecule has 0 radical (unpaired) electrons. The average molecular weight is 1040 g/mol. The van der Waals surface area contributed by atoms with Crippen LogP contribution in [0.1, 0.15) is 58.9 Å². The molecular formula is C48H65FN10O15. The highest BCUT2D eigenvalue weighted by atomic mass is 19.1. The quantitative estimate of drug-likeness (QED) is 0.0479. The minimum absolute atomic E-state index is 0.0563. The van der Waals surface area contributed by atoms with E-state index in [-0.39, 0.29) is 42.8 Å². The number of amides is 1. The lowest BCUT2D eigenvalue weighted by atomic mass is 9.83. The number of hydrogen-bond acceptors (Lipinski definition) is 21. The van der Waals surface area contributed by atoms with Crippen LogP contribution in [-0.2, 0) is 43.3 Å². The SMILES string of the molecule is NC[C@H]1O[C@H](O[C@H]2[C@H](O)[C@@H](O[C@H]3O[C@H](CO)[C@@H](O)[C@H](N)[C@H]3O)[C@H](NC(=O)CCc3cn(Cc4cccc(CN5CCN(c6cc7c(cc6F)c(=O)c(C(=O)O)cn7C6CC6)CC5)c4)nn3)C[C@@H]2N)[C@H](O)[C@@H](O)[C@@H]1O. The number of aliphatic hydroxyl groups is 7. The number of piperazine rings is 1. The van der Waals surface area contributed by atoms with Gasteiger partial charge in [-0.1, -0.05) is 29.5 Å². The molecule has 0 spiro atoms. The number of fused-ring (bicyclic) bond motifs is 1. The molecule has 0 unspecified atom stereocenters. The Balaban J connectivity index is 0.797. The first kappa shape index (κ1) is 53.7. The Kier molecular flexibility index (Phi) is 16.4. The van der Waals surface area contributed by atoms with Gasteiger partial charge in [-0.2, -0.15) is 0 Å². The molecule has 3 aliphatic heterocycles. The number of pyridine rings is 1. The van der Waals surface area contributed by atoms with Gasteiger partial charge in [-0.25, -0.2) is 13.9 Å². The van der Waals surface area contributed by atoms with E-state index in [2.05, 4.69) is 26.6 Å². The fourth-order valence-corrected chi connectivity index (χ4v) is 10.4. The maximum absolute atomic E-state index is 15.6. The monoisotopic (exact) mass is 1040 g/mol. The number of nitrogens with two attached hydrogens (primary N) is 3. The molecule has 4 aromatic rings. The molecule has 5 heterocycles. The molecule has 0 bridgehead atoms. The normalized spacial score (nSPS) is 33.0. The molecule has 25 nitrogen and oxygen atoms in total. The molecule has 2 saturated carbocycles. The van der Waals surface area contributed by atoms with Crippen molar-refractivity contribution in [3.8, 4) is 0 Å². The van der Waals surface area contributed by atoms with E-state index in [0.29, 0.717) is 56.2 Å². The van der Waals surface area contributed by atoms with Gasteiger partial charge in [0.05, 0.1) is 42.1 Å². The van der Waals surface area contributed by atoms with Crippen LogP contribution in [-0.4, -0.2) is 208 Å². The van der Waals surface area contributed by atoms with Gasteiger partial charge in [0.2, 0.25) is 11.3 Å².